The van der Waals surface area contributed by atoms with Crippen molar-refractivity contribution in [1.82, 2.24) is 4.98 Å². The van der Waals surface area contributed by atoms with Crippen LogP contribution >= 0.6 is 0 Å². The monoisotopic (exact) mass is 253 g/mol. The Morgan fingerprint density at radius 3 is 2.63 bits per heavy atom. The maximum atomic E-state index is 11.5. The van der Waals surface area contributed by atoms with Crippen LogP contribution in [-0.4, -0.2) is 17.6 Å². The van der Waals surface area contributed by atoms with Gasteiger partial charge < -0.3 is 4.74 Å². The first kappa shape index (κ1) is 13.0. The van der Waals surface area contributed by atoms with E-state index >= 15 is 0 Å². The molecular formula is C16H15NO2. The summed E-state index contributed by atoms with van der Waals surface area (Å²) >= 11 is 0. The molecule has 0 saturated carbocycles. The second-order valence-electron chi connectivity index (χ2n) is 3.98. The average Bonchev–Trinajstić information content (AvgIpc) is 2.47. The first-order valence-corrected chi connectivity index (χ1v) is 6.14. The highest BCUT2D eigenvalue weighted by atomic mass is 16.5. The van der Waals surface area contributed by atoms with Crippen molar-refractivity contribution < 1.29 is 9.53 Å². The predicted molar refractivity (Wildman–Crippen MR) is 74.4 cm³/mol. The highest BCUT2D eigenvalue weighted by molar-refractivity contribution is 5.87. The van der Waals surface area contributed by atoms with Gasteiger partial charge in [0.1, 0.15) is 0 Å². The molecule has 1 aromatic carbocycles. The molecule has 19 heavy (non-hydrogen) atoms. The lowest BCUT2D eigenvalue weighted by Crippen LogP contribution is -2.05. The number of carbonyl (C=O) groups is 1. The Hall–Kier alpha value is -2.42. The molecule has 0 aliphatic carbocycles. The topological polar surface area (TPSA) is 39.2 Å². The zero-order valence-electron chi connectivity index (χ0n) is 10.5. The molecule has 0 aliphatic heterocycles. The van der Waals surface area contributed by atoms with E-state index in [0.29, 0.717) is 13.0 Å². The van der Waals surface area contributed by atoms with E-state index in [-0.39, 0.29) is 5.97 Å². The van der Waals surface area contributed by atoms with E-state index in [1.807, 2.05) is 48.5 Å². The minimum atomic E-state index is -0.334. The Balaban J connectivity index is 1.75. The Bertz CT molecular complexity index is 535. The fraction of sp³-hybridized carbons (Fsp3) is 0.125. The maximum absolute atomic E-state index is 11.5. The summed E-state index contributed by atoms with van der Waals surface area (Å²) < 4.78 is 5.10. The number of esters is 1. The second-order valence-corrected chi connectivity index (χ2v) is 3.98. The fourth-order valence-electron chi connectivity index (χ4n) is 1.58. The van der Waals surface area contributed by atoms with Crippen molar-refractivity contribution in [2.75, 3.05) is 6.61 Å². The van der Waals surface area contributed by atoms with Gasteiger partial charge in [0, 0.05) is 24.4 Å². The van der Waals surface area contributed by atoms with Gasteiger partial charge in [-0.1, -0.05) is 36.4 Å². The van der Waals surface area contributed by atoms with E-state index in [1.54, 1.807) is 12.3 Å². The molecule has 0 fully saturated rings. The average molecular weight is 253 g/mol. The number of hydrogen-bond donors (Lipinski definition) is 0. The van der Waals surface area contributed by atoms with E-state index in [1.165, 1.54) is 6.08 Å². The van der Waals surface area contributed by atoms with Gasteiger partial charge in [-0.3, -0.25) is 4.98 Å². The highest BCUT2D eigenvalue weighted by Gasteiger charge is 1.98. The van der Waals surface area contributed by atoms with E-state index in [9.17, 15) is 4.79 Å². The van der Waals surface area contributed by atoms with Gasteiger partial charge in [0.2, 0.25) is 0 Å². The van der Waals surface area contributed by atoms with Crippen molar-refractivity contribution >= 4 is 12.0 Å². The molecule has 1 aromatic heterocycles. The van der Waals surface area contributed by atoms with Crippen LogP contribution in [0.15, 0.2) is 60.8 Å². The third-order valence-electron chi connectivity index (χ3n) is 2.54. The number of carbonyl (C=O) groups excluding carboxylic acids is 1. The third-order valence-corrected chi connectivity index (χ3v) is 2.54. The van der Waals surface area contributed by atoms with Gasteiger partial charge >= 0.3 is 5.97 Å². The van der Waals surface area contributed by atoms with Crippen LogP contribution in [0.3, 0.4) is 0 Å². The van der Waals surface area contributed by atoms with Gasteiger partial charge in [-0.25, -0.2) is 4.79 Å². The van der Waals surface area contributed by atoms with Crippen molar-refractivity contribution in [3.05, 3.63) is 72.1 Å². The molecule has 3 nitrogen and oxygen atoms in total. The molecule has 2 aromatic rings. The third kappa shape index (κ3) is 4.76. The lowest BCUT2D eigenvalue weighted by molar-refractivity contribution is -0.137. The zero-order valence-corrected chi connectivity index (χ0v) is 10.5. The van der Waals surface area contributed by atoms with Crippen molar-refractivity contribution in [2.45, 2.75) is 6.42 Å². The van der Waals surface area contributed by atoms with Gasteiger partial charge in [0.05, 0.1) is 6.61 Å². The number of ether oxygens (including phenoxy) is 1. The SMILES string of the molecule is O=C(C=Cc1ccccc1)OCCc1ccccn1. The first-order chi connectivity index (χ1) is 9.34. The molecule has 0 unspecified atom stereocenters. The van der Waals surface area contributed by atoms with Crippen molar-refractivity contribution in [3.8, 4) is 0 Å². The maximum Gasteiger partial charge on any atom is 0.330 e. The van der Waals surface area contributed by atoms with Crippen LogP contribution in [0.25, 0.3) is 6.08 Å². The van der Waals surface area contributed by atoms with Crippen molar-refractivity contribution in [1.29, 1.82) is 0 Å². The van der Waals surface area contributed by atoms with Crippen LogP contribution in [0.4, 0.5) is 0 Å². The molecule has 0 amide bonds. The summed E-state index contributed by atoms with van der Waals surface area (Å²) in [6.45, 7) is 0.342. The molecule has 0 radical (unpaired) electrons. The minimum absolute atomic E-state index is 0.334. The lowest BCUT2D eigenvalue weighted by Gasteiger charge is -2.01. The summed E-state index contributed by atoms with van der Waals surface area (Å²) in [6.07, 6.45) is 5.54. The van der Waals surface area contributed by atoms with Crippen molar-refractivity contribution in [3.63, 3.8) is 0 Å². The molecule has 0 aliphatic rings. The summed E-state index contributed by atoms with van der Waals surface area (Å²) in [6, 6.07) is 15.3. The van der Waals surface area contributed by atoms with E-state index in [0.717, 1.165) is 11.3 Å². The largest absolute Gasteiger partial charge is 0.462 e. The van der Waals surface area contributed by atoms with Crippen LogP contribution in [-0.2, 0) is 16.0 Å². The Morgan fingerprint density at radius 2 is 1.89 bits per heavy atom. The van der Waals surface area contributed by atoms with Crippen LogP contribution < -0.4 is 0 Å². The Labute approximate surface area is 112 Å². The number of aromatic nitrogens is 1. The van der Waals surface area contributed by atoms with E-state index in [4.69, 9.17) is 4.74 Å². The zero-order chi connectivity index (χ0) is 13.3. The van der Waals surface area contributed by atoms with Gasteiger partial charge in [-0.05, 0) is 23.8 Å². The predicted octanol–water partition coefficient (Wildman–Crippen LogP) is 2.88. The van der Waals surface area contributed by atoms with Crippen molar-refractivity contribution in [2.24, 2.45) is 0 Å². The number of nitrogens with zero attached hydrogens (tertiary/aromatic N) is 1. The quantitative estimate of drug-likeness (QED) is 0.607. The van der Waals surface area contributed by atoms with Gasteiger partial charge in [0.15, 0.2) is 0 Å². The summed E-state index contributed by atoms with van der Waals surface area (Å²) in [7, 11) is 0. The molecule has 3 heteroatoms. The molecule has 0 spiro atoms. The van der Waals surface area contributed by atoms with Gasteiger partial charge in [0.25, 0.3) is 0 Å². The highest BCUT2D eigenvalue weighted by Crippen LogP contribution is 2.01. The van der Waals surface area contributed by atoms with E-state index in [2.05, 4.69) is 4.98 Å². The number of hydrogen-bond acceptors (Lipinski definition) is 3. The Morgan fingerprint density at radius 1 is 1.11 bits per heavy atom. The molecule has 96 valence electrons. The second kappa shape index (κ2) is 7.11. The number of pyridine rings is 1. The molecular weight excluding hydrogens is 238 g/mol. The first-order valence-electron chi connectivity index (χ1n) is 6.14. The summed E-state index contributed by atoms with van der Waals surface area (Å²) in [5.74, 6) is -0.334. The molecule has 1 heterocycles. The minimum Gasteiger partial charge on any atom is -0.462 e. The smallest absolute Gasteiger partial charge is 0.330 e. The standard InChI is InChI=1S/C16H15NO2/c18-16(10-9-14-6-2-1-3-7-14)19-13-11-15-8-4-5-12-17-15/h1-10,12H,11,13H2. The van der Waals surface area contributed by atoms with Crippen LogP contribution in [0, 0.1) is 0 Å². The normalized spacial score (nSPS) is 10.5. The number of benzene rings is 1. The Kier molecular flexibility index (Phi) is 4.87. The fourth-order valence-corrected chi connectivity index (χ4v) is 1.58. The molecule has 0 N–H and O–H groups in total. The molecule has 2 rings (SSSR count). The number of rotatable bonds is 5. The molecule has 0 saturated heterocycles. The molecule has 0 bridgehead atoms. The van der Waals surface area contributed by atoms with Gasteiger partial charge in [-0.15, -0.1) is 0 Å². The van der Waals surface area contributed by atoms with Gasteiger partial charge in [-0.2, -0.15) is 0 Å². The van der Waals surface area contributed by atoms with Crippen LogP contribution in [0.5, 0.6) is 0 Å². The lowest BCUT2D eigenvalue weighted by atomic mass is 10.2. The van der Waals surface area contributed by atoms with Crippen LogP contribution in [0.1, 0.15) is 11.3 Å². The summed E-state index contributed by atoms with van der Waals surface area (Å²) in [5, 5.41) is 0. The molecule has 0 atom stereocenters. The summed E-state index contributed by atoms with van der Waals surface area (Å²) in [5.41, 5.74) is 1.89. The summed E-state index contributed by atoms with van der Waals surface area (Å²) in [4.78, 5) is 15.6. The van der Waals surface area contributed by atoms with Crippen LogP contribution in [0.2, 0.25) is 0 Å². The van der Waals surface area contributed by atoms with E-state index < -0.39 is 0 Å².